The molecule has 104 valence electrons. The predicted octanol–water partition coefficient (Wildman–Crippen LogP) is 0.968. The molecule has 0 aliphatic rings. The Morgan fingerprint density at radius 2 is 2.00 bits per heavy atom. The highest BCUT2D eigenvalue weighted by molar-refractivity contribution is 5.83. The quantitative estimate of drug-likeness (QED) is 0.693. The van der Waals surface area contributed by atoms with Crippen molar-refractivity contribution < 1.29 is 19.4 Å². The van der Waals surface area contributed by atoms with Crippen molar-refractivity contribution in [1.82, 2.24) is 10.6 Å². The van der Waals surface area contributed by atoms with Crippen LogP contribution in [0.1, 0.15) is 18.4 Å². The molecule has 0 fully saturated rings. The molecule has 0 heterocycles. The van der Waals surface area contributed by atoms with Crippen LogP contribution in [-0.2, 0) is 9.53 Å². The number of methoxy groups -OCH3 is 1. The van der Waals surface area contributed by atoms with Crippen molar-refractivity contribution in [3.05, 3.63) is 29.8 Å². The van der Waals surface area contributed by atoms with Crippen LogP contribution in [0.5, 0.6) is 5.75 Å². The van der Waals surface area contributed by atoms with Gasteiger partial charge in [-0.2, -0.15) is 0 Å². The molecule has 1 aromatic rings. The van der Waals surface area contributed by atoms with E-state index in [0.29, 0.717) is 13.1 Å². The second kappa shape index (κ2) is 7.25. The van der Waals surface area contributed by atoms with E-state index in [9.17, 15) is 14.7 Å². The third-order valence-electron chi connectivity index (χ3n) is 2.64. The van der Waals surface area contributed by atoms with E-state index in [1.165, 1.54) is 7.11 Å². The Morgan fingerprint density at radius 1 is 1.32 bits per heavy atom. The second-order valence-electron chi connectivity index (χ2n) is 4.03. The molecule has 2 amide bonds. The highest BCUT2D eigenvalue weighted by atomic mass is 16.5. The lowest BCUT2D eigenvalue weighted by atomic mass is 10.0. The van der Waals surface area contributed by atoms with E-state index in [1.807, 2.05) is 0 Å². The van der Waals surface area contributed by atoms with Gasteiger partial charge in [-0.15, -0.1) is 0 Å². The summed E-state index contributed by atoms with van der Waals surface area (Å²) < 4.78 is 4.40. The number of rotatable bonds is 5. The standard InChI is InChI=1S/C13H18N2O4/c1-9(10-4-3-5-11(16)8-10)12(17)14-6-7-15-13(18)19-2/h3-5,8-9,16H,6-7H2,1-2H3,(H,14,17)(H,15,18). The number of hydrogen-bond donors (Lipinski definition) is 3. The van der Waals surface area contributed by atoms with Gasteiger partial charge in [0.1, 0.15) is 5.75 Å². The topological polar surface area (TPSA) is 87.7 Å². The molecule has 19 heavy (non-hydrogen) atoms. The Kier molecular flexibility index (Phi) is 5.66. The molecule has 1 atom stereocenters. The Balaban J connectivity index is 2.39. The highest BCUT2D eigenvalue weighted by Gasteiger charge is 2.14. The number of ether oxygens (including phenoxy) is 1. The van der Waals surface area contributed by atoms with Crippen molar-refractivity contribution in [1.29, 1.82) is 0 Å². The van der Waals surface area contributed by atoms with Gasteiger partial charge in [-0.25, -0.2) is 4.79 Å². The van der Waals surface area contributed by atoms with Gasteiger partial charge in [0.15, 0.2) is 0 Å². The summed E-state index contributed by atoms with van der Waals surface area (Å²) in [6.07, 6.45) is -0.532. The Morgan fingerprint density at radius 3 is 2.63 bits per heavy atom. The van der Waals surface area contributed by atoms with E-state index in [0.717, 1.165) is 5.56 Å². The smallest absolute Gasteiger partial charge is 0.406 e. The van der Waals surface area contributed by atoms with Gasteiger partial charge in [-0.3, -0.25) is 4.79 Å². The SMILES string of the molecule is COC(=O)NCCNC(=O)C(C)c1cccc(O)c1. The maximum absolute atomic E-state index is 11.8. The molecular formula is C13H18N2O4. The fraction of sp³-hybridized carbons (Fsp3) is 0.385. The van der Waals surface area contributed by atoms with Gasteiger partial charge < -0.3 is 20.5 Å². The molecular weight excluding hydrogens is 248 g/mol. The van der Waals surface area contributed by atoms with Gasteiger partial charge >= 0.3 is 6.09 Å². The molecule has 0 spiro atoms. The fourth-order valence-electron chi connectivity index (χ4n) is 1.52. The van der Waals surface area contributed by atoms with Crippen LogP contribution in [0.25, 0.3) is 0 Å². The minimum Gasteiger partial charge on any atom is -0.508 e. The van der Waals surface area contributed by atoms with Gasteiger partial charge in [-0.1, -0.05) is 12.1 Å². The molecule has 3 N–H and O–H groups in total. The van der Waals surface area contributed by atoms with E-state index in [-0.39, 0.29) is 17.6 Å². The van der Waals surface area contributed by atoms with Crippen LogP contribution in [-0.4, -0.2) is 37.3 Å². The van der Waals surface area contributed by atoms with Crippen LogP contribution in [0.2, 0.25) is 0 Å². The Labute approximate surface area is 111 Å². The molecule has 0 bridgehead atoms. The van der Waals surface area contributed by atoms with E-state index < -0.39 is 6.09 Å². The molecule has 0 saturated heterocycles. The lowest BCUT2D eigenvalue weighted by Gasteiger charge is -2.13. The van der Waals surface area contributed by atoms with E-state index in [1.54, 1.807) is 31.2 Å². The van der Waals surface area contributed by atoms with Gasteiger partial charge in [0.2, 0.25) is 5.91 Å². The molecule has 0 aliphatic carbocycles. The van der Waals surface area contributed by atoms with Crippen molar-refractivity contribution >= 4 is 12.0 Å². The van der Waals surface area contributed by atoms with Gasteiger partial charge in [0, 0.05) is 13.1 Å². The molecule has 0 aromatic heterocycles. The first kappa shape index (κ1) is 14.8. The maximum Gasteiger partial charge on any atom is 0.406 e. The average molecular weight is 266 g/mol. The van der Waals surface area contributed by atoms with E-state index >= 15 is 0 Å². The number of aromatic hydroxyl groups is 1. The summed E-state index contributed by atoms with van der Waals surface area (Å²) in [6.45, 7) is 2.36. The summed E-state index contributed by atoms with van der Waals surface area (Å²) in [5.41, 5.74) is 0.735. The third kappa shape index (κ3) is 4.87. The van der Waals surface area contributed by atoms with Crippen LogP contribution in [0.15, 0.2) is 24.3 Å². The first-order valence-corrected chi connectivity index (χ1v) is 5.93. The number of benzene rings is 1. The fourth-order valence-corrected chi connectivity index (χ4v) is 1.52. The van der Waals surface area contributed by atoms with Crippen molar-refractivity contribution in [2.75, 3.05) is 20.2 Å². The summed E-state index contributed by atoms with van der Waals surface area (Å²) in [5.74, 6) is -0.410. The predicted molar refractivity (Wildman–Crippen MR) is 69.9 cm³/mol. The summed E-state index contributed by atoms with van der Waals surface area (Å²) in [6, 6.07) is 6.56. The second-order valence-corrected chi connectivity index (χ2v) is 4.03. The lowest BCUT2D eigenvalue weighted by molar-refractivity contribution is -0.122. The molecule has 0 radical (unpaired) electrons. The number of hydrogen-bond acceptors (Lipinski definition) is 4. The van der Waals surface area contributed by atoms with Crippen LogP contribution in [0.4, 0.5) is 4.79 Å². The van der Waals surface area contributed by atoms with E-state index in [2.05, 4.69) is 15.4 Å². The number of amides is 2. The normalized spacial score (nSPS) is 11.5. The van der Waals surface area contributed by atoms with Gasteiger partial charge in [0.25, 0.3) is 0 Å². The number of nitrogens with one attached hydrogen (secondary N) is 2. The zero-order valence-electron chi connectivity index (χ0n) is 11.0. The number of phenols is 1. The van der Waals surface area contributed by atoms with Crippen LogP contribution < -0.4 is 10.6 Å². The number of carbonyl (C=O) groups is 2. The van der Waals surface area contributed by atoms with Crippen molar-refractivity contribution in [2.24, 2.45) is 0 Å². The minimum atomic E-state index is -0.532. The Bertz CT molecular complexity index is 448. The lowest BCUT2D eigenvalue weighted by Crippen LogP contribution is -2.36. The van der Waals surface area contributed by atoms with Crippen molar-refractivity contribution in [3.63, 3.8) is 0 Å². The molecule has 1 aromatic carbocycles. The van der Waals surface area contributed by atoms with Crippen LogP contribution in [0.3, 0.4) is 0 Å². The summed E-state index contributed by atoms with van der Waals surface area (Å²) in [4.78, 5) is 22.6. The largest absolute Gasteiger partial charge is 0.508 e. The van der Waals surface area contributed by atoms with Crippen LogP contribution in [0, 0.1) is 0 Å². The van der Waals surface area contributed by atoms with Gasteiger partial charge in [-0.05, 0) is 24.6 Å². The summed E-state index contributed by atoms with van der Waals surface area (Å²) in [7, 11) is 1.28. The van der Waals surface area contributed by atoms with Gasteiger partial charge in [0.05, 0.1) is 13.0 Å². The Hall–Kier alpha value is -2.24. The van der Waals surface area contributed by atoms with Crippen LogP contribution >= 0.6 is 0 Å². The summed E-state index contributed by atoms with van der Waals surface area (Å²) >= 11 is 0. The molecule has 0 aliphatic heterocycles. The highest BCUT2D eigenvalue weighted by Crippen LogP contribution is 2.19. The van der Waals surface area contributed by atoms with Crippen molar-refractivity contribution in [2.45, 2.75) is 12.8 Å². The molecule has 1 unspecified atom stereocenters. The van der Waals surface area contributed by atoms with E-state index in [4.69, 9.17) is 0 Å². The third-order valence-corrected chi connectivity index (χ3v) is 2.64. The van der Waals surface area contributed by atoms with Crippen molar-refractivity contribution in [3.8, 4) is 5.75 Å². The molecule has 1 rings (SSSR count). The zero-order chi connectivity index (χ0) is 14.3. The minimum absolute atomic E-state index is 0.129. The monoisotopic (exact) mass is 266 g/mol. The zero-order valence-corrected chi connectivity index (χ0v) is 11.0. The first-order valence-electron chi connectivity index (χ1n) is 5.93. The molecule has 6 heteroatoms. The first-order chi connectivity index (χ1) is 9.04. The molecule has 6 nitrogen and oxygen atoms in total. The number of carbonyl (C=O) groups excluding carboxylic acids is 2. The number of phenolic OH excluding ortho intramolecular Hbond substituents is 1. The number of alkyl carbamates (subject to hydrolysis) is 1. The average Bonchev–Trinajstić information content (AvgIpc) is 2.42. The molecule has 0 saturated carbocycles. The summed E-state index contributed by atoms with van der Waals surface area (Å²) in [5, 5.41) is 14.5. The maximum atomic E-state index is 11.8.